The topological polar surface area (TPSA) is 32.3 Å². The van der Waals surface area contributed by atoms with Gasteiger partial charge in [0.2, 0.25) is 5.91 Å². The third-order valence-electron chi connectivity index (χ3n) is 3.95. The van der Waals surface area contributed by atoms with Crippen LogP contribution >= 0.6 is 12.4 Å². The molecule has 2 aliphatic rings. The van der Waals surface area contributed by atoms with E-state index in [0.29, 0.717) is 12.0 Å². The van der Waals surface area contributed by atoms with E-state index in [1.54, 1.807) is 0 Å². The molecule has 2 fully saturated rings. The first kappa shape index (κ1) is 15.6. The molecule has 3 unspecified atom stereocenters. The minimum Gasteiger partial charge on any atom is -0.339 e. The molecule has 0 aromatic carbocycles. The summed E-state index contributed by atoms with van der Waals surface area (Å²) in [5.74, 6) is 0.386. The fraction of sp³-hybridized carbons (Fsp3) is 0.917. The highest BCUT2D eigenvalue weighted by molar-refractivity contribution is 5.85. The quantitative estimate of drug-likeness (QED) is 0.859. The number of alkyl halides is 2. The molecular formula is C12H21ClF2N2O. The second-order valence-corrected chi connectivity index (χ2v) is 5.22. The molecule has 0 aromatic rings. The average Bonchev–Trinajstić information content (AvgIpc) is 2.70. The van der Waals surface area contributed by atoms with Gasteiger partial charge in [-0.3, -0.25) is 4.79 Å². The first-order chi connectivity index (χ1) is 8.08. The Morgan fingerprint density at radius 1 is 1.39 bits per heavy atom. The van der Waals surface area contributed by atoms with Gasteiger partial charge >= 0.3 is 0 Å². The molecule has 1 saturated carbocycles. The minimum atomic E-state index is -2.45. The van der Waals surface area contributed by atoms with E-state index in [2.05, 4.69) is 5.32 Å². The Morgan fingerprint density at radius 3 is 2.67 bits per heavy atom. The van der Waals surface area contributed by atoms with Crippen molar-refractivity contribution in [2.75, 3.05) is 13.6 Å². The molecule has 18 heavy (non-hydrogen) atoms. The van der Waals surface area contributed by atoms with Gasteiger partial charge in [0.25, 0.3) is 6.43 Å². The van der Waals surface area contributed by atoms with Crippen LogP contribution < -0.4 is 5.32 Å². The Kier molecular flexibility index (Phi) is 5.79. The van der Waals surface area contributed by atoms with Gasteiger partial charge in [-0.1, -0.05) is 12.8 Å². The Morgan fingerprint density at radius 2 is 2.06 bits per heavy atom. The van der Waals surface area contributed by atoms with Gasteiger partial charge in [0.05, 0.1) is 12.6 Å². The second-order valence-electron chi connectivity index (χ2n) is 5.22. The lowest BCUT2D eigenvalue weighted by molar-refractivity contribution is -0.133. The van der Waals surface area contributed by atoms with Crippen LogP contribution in [0.5, 0.6) is 0 Å². The number of hydrogen-bond acceptors (Lipinski definition) is 2. The Bertz CT molecular complexity index is 277. The molecule has 1 heterocycles. The first-order valence-electron chi connectivity index (χ1n) is 6.37. The van der Waals surface area contributed by atoms with Crippen LogP contribution in [0.3, 0.4) is 0 Å². The normalized spacial score (nSPS) is 30.8. The maximum Gasteiger partial charge on any atom is 0.255 e. The van der Waals surface area contributed by atoms with Crippen LogP contribution in [-0.2, 0) is 4.79 Å². The summed E-state index contributed by atoms with van der Waals surface area (Å²) in [5.41, 5.74) is 0. The van der Waals surface area contributed by atoms with Crippen LogP contribution in [0.15, 0.2) is 0 Å². The number of amides is 1. The number of halogens is 3. The summed E-state index contributed by atoms with van der Waals surface area (Å²) < 4.78 is 24.4. The zero-order chi connectivity index (χ0) is 12.4. The summed E-state index contributed by atoms with van der Waals surface area (Å²) in [6, 6.07) is 0.185. The standard InChI is InChI=1S/C12H20F2N2O.ClH/c1-16(7-11(13)14)12(17)10-6-8-4-2-3-5-9(8)15-10;/h8-11,15H,2-7H2,1H3;1H. The smallest absolute Gasteiger partial charge is 0.255 e. The van der Waals surface area contributed by atoms with E-state index < -0.39 is 13.0 Å². The lowest BCUT2D eigenvalue weighted by Gasteiger charge is -2.24. The molecule has 1 saturated heterocycles. The lowest BCUT2D eigenvalue weighted by Crippen LogP contribution is -2.45. The molecule has 106 valence electrons. The van der Waals surface area contributed by atoms with Crippen molar-refractivity contribution >= 4 is 18.3 Å². The van der Waals surface area contributed by atoms with Crippen LogP contribution in [0.1, 0.15) is 32.1 Å². The molecule has 1 amide bonds. The van der Waals surface area contributed by atoms with Crippen molar-refractivity contribution in [2.45, 2.75) is 50.6 Å². The van der Waals surface area contributed by atoms with E-state index in [-0.39, 0.29) is 24.4 Å². The summed E-state index contributed by atoms with van der Waals surface area (Å²) in [6.45, 7) is -0.466. The number of fused-ring (bicyclic) bond motifs is 1. The van der Waals surface area contributed by atoms with Gasteiger partial charge in [-0.2, -0.15) is 0 Å². The van der Waals surface area contributed by atoms with E-state index in [9.17, 15) is 13.6 Å². The molecule has 1 N–H and O–H groups in total. The summed E-state index contributed by atoms with van der Waals surface area (Å²) in [5, 5.41) is 3.31. The van der Waals surface area contributed by atoms with Gasteiger partial charge in [-0.15, -0.1) is 12.4 Å². The third-order valence-corrected chi connectivity index (χ3v) is 3.95. The molecule has 2 rings (SSSR count). The summed E-state index contributed by atoms with van der Waals surface area (Å²) in [4.78, 5) is 13.1. The zero-order valence-corrected chi connectivity index (χ0v) is 11.4. The highest BCUT2D eigenvalue weighted by Crippen LogP contribution is 2.33. The van der Waals surface area contributed by atoms with Crippen molar-refractivity contribution in [1.29, 1.82) is 0 Å². The van der Waals surface area contributed by atoms with Crippen LogP contribution in [0, 0.1) is 5.92 Å². The Hall–Kier alpha value is -0.420. The maximum atomic E-state index is 12.2. The number of carbonyl (C=O) groups is 1. The van der Waals surface area contributed by atoms with E-state index in [1.165, 1.54) is 26.3 Å². The highest BCUT2D eigenvalue weighted by atomic mass is 35.5. The van der Waals surface area contributed by atoms with E-state index >= 15 is 0 Å². The predicted octanol–water partition coefficient (Wildman–Crippen LogP) is 2.05. The van der Waals surface area contributed by atoms with Crippen LogP contribution in [0.2, 0.25) is 0 Å². The molecular weight excluding hydrogens is 262 g/mol. The van der Waals surface area contributed by atoms with Gasteiger partial charge in [-0.05, 0) is 25.2 Å². The van der Waals surface area contributed by atoms with Crippen LogP contribution in [0.25, 0.3) is 0 Å². The summed E-state index contributed by atoms with van der Waals surface area (Å²) in [7, 11) is 1.46. The van der Waals surface area contributed by atoms with Crippen molar-refractivity contribution in [3.05, 3.63) is 0 Å². The number of hydrogen-bond donors (Lipinski definition) is 1. The van der Waals surface area contributed by atoms with Crippen molar-refractivity contribution < 1.29 is 13.6 Å². The number of carbonyl (C=O) groups excluding carboxylic acids is 1. The van der Waals surface area contributed by atoms with E-state index in [0.717, 1.165) is 17.7 Å². The molecule has 0 aromatic heterocycles. The predicted molar refractivity (Wildman–Crippen MR) is 68.2 cm³/mol. The fourth-order valence-corrected chi connectivity index (χ4v) is 3.07. The van der Waals surface area contributed by atoms with Gasteiger partial charge in [-0.25, -0.2) is 8.78 Å². The van der Waals surface area contributed by atoms with E-state index in [1.807, 2.05) is 0 Å². The van der Waals surface area contributed by atoms with Crippen molar-refractivity contribution in [3.63, 3.8) is 0 Å². The van der Waals surface area contributed by atoms with Crippen LogP contribution in [-0.4, -0.2) is 42.9 Å². The first-order valence-corrected chi connectivity index (χ1v) is 6.37. The van der Waals surface area contributed by atoms with Gasteiger partial charge in [0.15, 0.2) is 0 Å². The highest BCUT2D eigenvalue weighted by Gasteiger charge is 2.39. The van der Waals surface area contributed by atoms with E-state index in [4.69, 9.17) is 0 Å². The largest absolute Gasteiger partial charge is 0.339 e. The molecule has 3 atom stereocenters. The van der Waals surface area contributed by atoms with Gasteiger partial charge in [0, 0.05) is 13.1 Å². The van der Waals surface area contributed by atoms with Crippen molar-refractivity contribution in [3.8, 4) is 0 Å². The molecule has 1 aliphatic carbocycles. The Labute approximate surface area is 113 Å². The monoisotopic (exact) mass is 282 g/mol. The summed E-state index contributed by atoms with van der Waals surface area (Å²) in [6.07, 6.45) is 3.09. The lowest BCUT2D eigenvalue weighted by atomic mass is 9.85. The average molecular weight is 283 g/mol. The summed E-state index contributed by atoms with van der Waals surface area (Å²) >= 11 is 0. The molecule has 0 spiro atoms. The molecule has 3 nitrogen and oxygen atoms in total. The second kappa shape index (κ2) is 6.66. The third kappa shape index (κ3) is 3.54. The number of rotatable bonds is 3. The molecule has 0 radical (unpaired) electrons. The van der Waals surface area contributed by atoms with Crippen molar-refractivity contribution in [2.24, 2.45) is 5.92 Å². The SMILES string of the molecule is CN(CC(F)F)C(=O)C1CC2CCCCC2N1.Cl. The Balaban J connectivity index is 0.00000162. The number of nitrogens with one attached hydrogen (secondary N) is 1. The minimum absolute atomic E-state index is 0. The number of likely N-dealkylation sites (N-methyl/N-ethyl adjacent to an activating group) is 1. The molecule has 6 heteroatoms. The fourth-order valence-electron chi connectivity index (χ4n) is 3.07. The molecule has 1 aliphatic heterocycles. The number of nitrogens with zero attached hydrogens (tertiary/aromatic N) is 1. The zero-order valence-electron chi connectivity index (χ0n) is 10.6. The van der Waals surface area contributed by atoms with Gasteiger partial charge in [0.1, 0.15) is 0 Å². The molecule has 0 bridgehead atoms. The van der Waals surface area contributed by atoms with Crippen molar-refractivity contribution in [1.82, 2.24) is 10.2 Å². The maximum absolute atomic E-state index is 12.2. The van der Waals surface area contributed by atoms with Gasteiger partial charge < -0.3 is 10.2 Å². The van der Waals surface area contributed by atoms with Crippen LogP contribution in [0.4, 0.5) is 8.78 Å².